The molecule has 0 spiro atoms. The molecular formula is C12H13NO4. The third-order valence-electron chi connectivity index (χ3n) is 2.64. The van der Waals surface area contributed by atoms with Gasteiger partial charge in [0.1, 0.15) is 17.9 Å². The fourth-order valence-electron chi connectivity index (χ4n) is 1.76. The van der Waals surface area contributed by atoms with Gasteiger partial charge in [-0.1, -0.05) is 12.1 Å². The number of carbonyl (C=O) groups excluding carboxylic acids is 1. The maximum atomic E-state index is 11.0. The Hall–Kier alpha value is -2.04. The van der Waals surface area contributed by atoms with E-state index in [0.717, 1.165) is 6.42 Å². The normalized spacial score (nSPS) is 18.8. The van der Waals surface area contributed by atoms with Crippen LogP contribution in [-0.4, -0.2) is 29.6 Å². The first-order valence-corrected chi connectivity index (χ1v) is 5.41. The fraction of sp³-hybridized carbons (Fsp3) is 0.333. The topological polar surface area (TPSA) is 75.6 Å². The van der Waals surface area contributed by atoms with Gasteiger partial charge in [-0.05, 0) is 18.6 Å². The van der Waals surface area contributed by atoms with Crippen molar-refractivity contribution in [2.75, 3.05) is 6.61 Å². The van der Waals surface area contributed by atoms with Gasteiger partial charge < -0.3 is 15.2 Å². The lowest BCUT2D eigenvalue weighted by molar-refractivity contribution is -0.119. The zero-order valence-corrected chi connectivity index (χ0v) is 9.18. The number of carboxylic acid groups (broad SMARTS) is 1. The van der Waals surface area contributed by atoms with Crippen LogP contribution in [-0.2, 0) is 4.79 Å². The van der Waals surface area contributed by atoms with E-state index in [9.17, 15) is 9.59 Å². The van der Waals surface area contributed by atoms with Gasteiger partial charge in [0.25, 0.3) is 0 Å². The van der Waals surface area contributed by atoms with Crippen molar-refractivity contribution in [3.8, 4) is 5.75 Å². The molecule has 17 heavy (non-hydrogen) atoms. The number of amides is 1. The van der Waals surface area contributed by atoms with E-state index >= 15 is 0 Å². The first-order valence-electron chi connectivity index (χ1n) is 5.41. The Labute approximate surface area is 98.4 Å². The van der Waals surface area contributed by atoms with Gasteiger partial charge in [-0.15, -0.1) is 0 Å². The Kier molecular flexibility index (Phi) is 3.27. The largest absolute Gasteiger partial charge is 0.491 e. The van der Waals surface area contributed by atoms with Crippen molar-refractivity contribution in [1.82, 2.24) is 5.32 Å². The molecule has 1 fully saturated rings. The van der Waals surface area contributed by atoms with E-state index in [4.69, 9.17) is 9.84 Å². The summed E-state index contributed by atoms with van der Waals surface area (Å²) in [4.78, 5) is 21.9. The molecule has 1 saturated heterocycles. The van der Waals surface area contributed by atoms with Crippen LogP contribution >= 0.6 is 0 Å². The van der Waals surface area contributed by atoms with Crippen LogP contribution in [0.4, 0.5) is 0 Å². The molecule has 0 saturated carbocycles. The van der Waals surface area contributed by atoms with E-state index in [1.165, 1.54) is 6.07 Å². The highest BCUT2D eigenvalue weighted by atomic mass is 16.5. The van der Waals surface area contributed by atoms with Crippen molar-refractivity contribution in [1.29, 1.82) is 0 Å². The van der Waals surface area contributed by atoms with Gasteiger partial charge in [0.2, 0.25) is 5.91 Å². The molecule has 0 radical (unpaired) electrons. The standard InChI is InChI=1S/C12H13NO4/c14-11-6-5-8(13-11)7-17-10-4-2-1-3-9(10)12(15)16/h1-4,8H,5-7H2,(H,13,14)(H,15,16). The molecule has 1 heterocycles. The minimum absolute atomic E-state index is 0.0186. The Morgan fingerprint density at radius 3 is 2.88 bits per heavy atom. The predicted molar refractivity (Wildman–Crippen MR) is 60.1 cm³/mol. The van der Waals surface area contributed by atoms with Crippen LogP contribution in [0.5, 0.6) is 5.75 Å². The number of para-hydroxylation sites is 1. The number of carboxylic acids is 1. The van der Waals surface area contributed by atoms with Crippen molar-refractivity contribution < 1.29 is 19.4 Å². The van der Waals surface area contributed by atoms with Gasteiger partial charge in [-0.2, -0.15) is 0 Å². The number of hydrogen-bond donors (Lipinski definition) is 2. The molecule has 2 rings (SSSR count). The average molecular weight is 235 g/mol. The summed E-state index contributed by atoms with van der Waals surface area (Å²) in [6, 6.07) is 6.44. The number of ether oxygens (including phenoxy) is 1. The Bertz CT molecular complexity index is 444. The third kappa shape index (κ3) is 2.75. The van der Waals surface area contributed by atoms with Crippen LogP contribution in [0.25, 0.3) is 0 Å². The van der Waals surface area contributed by atoms with E-state index in [1.807, 2.05) is 0 Å². The second kappa shape index (κ2) is 4.86. The molecule has 0 aromatic heterocycles. The number of nitrogens with one attached hydrogen (secondary N) is 1. The van der Waals surface area contributed by atoms with Crippen molar-refractivity contribution in [2.24, 2.45) is 0 Å². The molecule has 1 aromatic rings. The van der Waals surface area contributed by atoms with Gasteiger partial charge in [0.15, 0.2) is 0 Å². The highest BCUT2D eigenvalue weighted by Crippen LogP contribution is 2.19. The summed E-state index contributed by atoms with van der Waals surface area (Å²) in [7, 11) is 0. The van der Waals surface area contributed by atoms with Crippen LogP contribution in [0.15, 0.2) is 24.3 Å². The van der Waals surface area contributed by atoms with Crippen LogP contribution in [0.1, 0.15) is 23.2 Å². The monoisotopic (exact) mass is 235 g/mol. The number of aromatic carboxylic acids is 1. The van der Waals surface area contributed by atoms with Crippen LogP contribution in [0, 0.1) is 0 Å². The summed E-state index contributed by atoms with van der Waals surface area (Å²) in [6.07, 6.45) is 1.24. The predicted octanol–water partition coefficient (Wildman–Crippen LogP) is 1.04. The summed E-state index contributed by atoms with van der Waals surface area (Å²) >= 11 is 0. The Morgan fingerprint density at radius 1 is 1.47 bits per heavy atom. The molecule has 90 valence electrons. The second-order valence-electron chi connectivity index (χ2n) is 3.92. The highest BCUT2D eigenvalue weighted by Gasteiger charge is 2.21. The molecule has 1 aromatic carbocycles. The molecule has 5 heteroatoms. The molecule has 5 nitrogen and oxygen atoms in total. The van der Waals surface area contributed by atoms with E-state index in [2.05, 4.69) is 5.32 Å². The lowest BCUT2D eigenvalue weighted by Gasteiger charge is -2.13. The maximum absolute atomic E-state index is 11.0. The molecule has 0 bridgehead atoms. The van der Waals surface area contributed by atoms with Crippen molar-refractivity contribution in [2.45, 2.75) is 18.9 Å². The number of rotatable bonds is 4. The maximum Gasteiger partial charge on any atom is 0.339 e. The van der Waals surface area contributed by atoms with Crippen molar-refractivity contribution in [3.05, 3.63) is 29.8 Å². The van der Waals surface area contributed by atoms with E-state index < -0.39 is 5.97 Å². The van der Waals surface area contributed by atoms with Gasteiger partial charge in [-0.3, -0.25) is 4.79 Å². The zero-order chi connectivity index (χ0) is 12.3. The van der Waals surface area contributed by atoms with Crippen molar-refractivity contribution >= 4 is 11.9 Å². The zero-order valence-electron chi connectivity index (χ0n) is 9.18. The minimum atomic E-state index is -1.02. The summed E-state index contributed by atoms with van der Waals surface area (Å²) in [5, 5.41) is 11.7. The molecule has 2 N–H and O–H groups in total. The van der Waals surface area contributed by atoms with Gasteiger partial charge in [0.05, 0.1) is 6.04 Å². The molecular weight excluding hydrogens is 222 g/mol. The smallest absolute Gasteiger partial charge is 0.339 e. The number of hydrogen-bond acceptors (Lipinski definition) is 3. The van der Waals surface area contributed by atoms with Gasteiger partial charge >= 0.3 is 5.97 Å². The summed E-state index contributed by atoms with van der Waals surface area (Å²) in [5.74, 6) is -0.665. The molecule has 1 atom stereocenters. The Balaban J connectivity index is 1.99. The number of carbonyl (C=O) groups is 2. The first-order chi connectivity index (χ1) is 8.16. The molecule has 1 unspecified atom stereocenters. The van der Waals surface area contributed by atoms with E-state index in [1.54, 1.807) is 18.2 Å². The van der Waals surface area contributed by atoms with E-state index in [0.29, 0.717) is 18.8 Å². The Morgan fingerprint density at radius 2 is 2.24 bits per heavy atom. The quantitative estimate of drug-likeness (QED) is 0.817. The van der Waals surface area contributed by atoms with Crippen molar-refractivity contribution in [3.63, 3.8) is 0 Å². The highest BCUT2D eigenvalue weighted by molar-refractivity contribution is 5.90. The summed E-state index contributed by atoms with van der Waals surface area (Å²) < 4.78 is 5.44. The molecule has 0 aliphatic carbocycles. The molecule has 1 aliphatic heterocycles. The van der Waals surface area contributed by atoms with Gasteiger partial charge in [-0.25, -0.2) is 4.79 Å². The average Bonchev–Trinajstić information content (AvgIpc) is 2.73. The lowest BCUT2D eigenvalue weighted by atomic mass is 10.2. The lowest BCUT2D eigenvalue weighted by Crippen LogP contribution is -2.31. The summed E-state index contributed by atoms with van der Waals surface area (Å²) in [6.45, 7) is 0.302. The first kappa shape index (κ1) is 11.4. The van der Waals surface area contributed by atoms with Crippen LogP contribution in [0.2, 0.25) is 0 Å². The number of benzene rings is 1. The minimum Gasteiger partial charge on any atom is -0.491 e. The third-order valence-corrected chi connectivity index (χ3v) is 2.64. The van der Waals surface area contributed by atoms with Crippen LogP contribution < -0.4 is 10.1 Å². The molecule has 1 amide bonds. The molecule has 1 aliphatic rings. The van der Waals surface area contributed by atoms with E-state index in [-0.39, 0.29) is 17.5 Å². The fourth-order valence-corrected chi connectivity index (χ4v) is 1.76. The summed E-state index contributed by atoms with van der Waals surface area (Å²) in [5.41, 5.74) is 0.136. The van der Waals surface area contributed by atoms with Crippen LogP contribution in [0.3, 0.4) is 0 Å². The SMILES string of the molecule is O=C1CCC(COc2ccccc2C(=O)O)N1. The second-order valence-corrected chi connectivity index (χ2v) is 3.92. The van der Waals surface area contributed by atoms with Gasteiger partial charge in [0, 0.05) is 6.42 Å².